The first-order valence-electron chi connectivity index (χ1n) is 2.63. The van der Waals surface area contributed by atoms with Crippen molar-refractivity contribution in [2.24, 2.45) is 0 Å². The Morgan fingerprint density at radius 1 is 1.38 bits per heavy atom. The Kier molecular flexibility index (Phi) is 4.22. The molecule has 0 aromatic heterocycles. The third-order valence-corrected chi connectivity index (χ3v) is 0.452. The molecule has 0 heterocycles. The van der Waals surface area contributed by atoms with Crippen LogP contribution in [0.2, 0.25) is 1.41 Å². The lowest BCUT2D eigenvalue weighted by molar-refractivity contribution is -0.109. The van der Waals surface area contributed by atoms with Gasteiger partial charge >= 0.3 is 0 Å². The van der Waals surface area contributed by atoms with E-state index in [1.54, 1.807) is 0 Å². The maximum absolute atomic E-state index is 9.69. The lowest BCUT2D eigenvalue weighted by Crippen LogP contribution is -2.34. The van der Waals surface area contributed by atoms with Crippen LogP contribution in [-0.4, -0.2) is 25.7 Å². The number of hydrogen-bond donors (Lipinski definition) is 2. The van der Waals surface area contributed by atoms with Gasteiger partial charge in [-0.1, -0.05) is 0 Å². The first kappa shape index (κ1) is 5.40. The van der Waals surface area contributed by atoms with E-state index in [2.05, 4.69) is 5.43 Å². The number of hydrazine groups is 1. The summed E-state index contributed by atoms with van der Waals surface area (Å²) < 4.78 is 6.81. The molecule has 0 radical (unpaired) electrons. The van der Waals surface area contributed by atoms with Gasteiger partial charge < -0.3 is 9.59 Å². The summed E-state index contributed by atoms with van der Waals surface area (Å²) in [5, 5.41) is 0. The van der Waals surface area contributed by atoms with Crippen molar-refractivity contribution in [2.75, 3.05) is 13.1 Å². The number of nitrogens with one attached hydrogen (secondary N) is 2. The first-order chi connectivity index (χ1) is 4.31. The predicted molar refractivity (Wildman–Crippen MR) is 28.1 cm³/mol. The summed E-state index contributed by atoms with van der Waals surface area (Å²) >= 11 is 0. The van der Waals surface area contributed by atoms with E-state index in [0.29, 0.717) is 12.6 Å². The van der Waals surface area contributed by atoms with E-state index in [9.17, 15) is 9.59 Å². The molecule has 0 bridgehead atoms. The Bertz CT molecular complexity index is 98.6. The monoisotopic (exact) mass is 117 g/mol. The van der Waals surface area contributed by atoms with Gasteiger partial charge in [0, 0.05) is 0 Å². The molecule has 0 aliphatic heterocycles. The standard InChI is InChI=1S/C4H8N2O2/c7-3-1-5-6-2-4-8/h3-6H,1-2H2/i/hD. The molecule has 4 nitrogen and oxygen atoms in total. The number of carbonyl (C=O) groups excluding carboxylic acids is 2. The highest BCUT2D eigenvalue weighted by atomic mass is 16.1. The largest absolute Gasteiger partial charge is 0.302 e. The average Bonchev–Trinajstić information content (AvgIpc) is 1.85. The smallest absolute Gasteiger partial charge is 0.142 e. The van der Waals surface area contributed by atoms with Crippen LogP contribution >= 0.6 is 0 Å². The molecule has 0 unspecified atom stereocenters. The summed E-state index contributed by atoms with van der Waals surface area (Å²) in [5.41, 5.74) is 3.13. The molecule has 46 valence electrons. The molecule has 0 aromatic rings. The van der Waals surface area contributed by atoms with Gasteiger partial charge in [0.2, 0.25) is 0 Å². The van der Waals surface area contributed by atoms with E-state index >= 15 is 0 Å². The zero-order valence-electron chi connectivity index (χ0n) is 5.33. The van der Waals surface area contributed by atoms with Crippen LogP contribution in [0.5, 0.6) is 0 Å². The summed E-state index contributed by atoms with van der Waals surface area (Å²) in [4.78, 5) is 19.3. The Hall–Kier alpha value is -0.740. The van der Waals surface area contributed by atoms with Crippen LogP contribution in [0.1, 0.15) is 0 Å². The van der Waals surface area contributed by atoms with E-state index in [-0.39, 0.29) is 13.1 Å². The van der Waals surface area contributed by atoms with E-state index in [0.717, 1.165) is 5.42 Å². The Balaban J connectivity index is 3.14. The molecule has 0 aliphatic carbocycles. The maximum atomic E-state index is 9.69. The molecule has 4 heteroatoms. The van der Waals surface area contributed by atoms with Crippen LogP contribution in [0.3, 0.4) is 0 Å². The number of rotatable bonds is 5. The normalized spacial score (nSPS) is 10.9. The van der Waals surface area contributed by atoms with Crippen molar-refractivity contribution in [1.29, 1.82) is 0 Å². The van der Waals surface area contributed by atoms with Gasteiger partial charge in [-0.2, -0.15) is 0 Å². The Morgan fingerprint density at radius 3 is 2.50 bits per heavy atom. The van der Waals surface area contributed by atoms with Crippen LogP contribution in [-0.2, 0) is 9.59 Å². The highest BCUT2D eigenvalue weighted by Crippen LogP contribution is 1.42. The lowest BCUT2D eigenvalue weighted by Gasteiger charge is -1.94. The van der Waals surface area contributed by atoms with Gasteiger partial charge in [-0.25, -0.2) is 0 Å². The third-order valence-electron chi connectivity index (χ3n) is 0.452. The van der Waals surface area contributed by atoms with E-state index in [4.69, 9.17) is 1.41 Å². The second kappa shape index (κ2) is 6.26. The fourth-order valence-electron chi connectivity index (χ4n) is 0.204. The van der Waals surface area contributed by atoms with E-state index < -0.39 is 0 Å². The molecule has 0 aliphatic rings. The average molecular weight is 117 g/mol. The van der Waals surface area contributed by atoms with Gasteiger partial charge in [-0.15, -0.1) is 0 Å². The van der Waals surface area contributed by atoms with Gasteiger partial charge in [0.15, 0.2) is 0 Å². The van der Waals surface area contributed by atoms with Gasteiger partial charge in [0.25, 0.3) is 0 Å². The lowest BCUT2D eigenvalue weighted by atomic mass is 10.7. The number of carbonyl (C=O) groups is 2. The molecule has 0 fully saturated rings. The van der Waals surface area contributed by atoms with Crippen LogP contribution in [0, 0.1) is 0 Å². The molecular weight excluding hydrogens is 108 g/mol. The van der Waals surface area contributed by atoms with Gasteiger partial charge in [-0.05, 0) is 0 Å². The highest BCUT2D eigenvalue weighted by molar-refractivity contribution is 5.53. The summed E-state index contributed by atoms with van der Waals surface area (Å²) in [6.07, 6.45) is 1.19. The van der Waals surface area contributed by atoms with Crippen LogP contribution < -0.4 is 10.8 Å². The molecule has 8 heavy (non-hydrogen) atoms. The minimum Gasteiger partial charge on any atom is -0.302 e. The van der Waals surface area contributed by atoms with Crippen molar-refractivity contribution in [3.05, 3.63) is 0 Å². The van der Waals surface area contributed by atoms with Crippen molar-refractivity contribution in [1.82, 2.24) is 10.8 Å². The number of aldehydes is 2. The van der Waals surface area contributed by atoms with Crippen molar-refractivity contribution >= 4 is 12.6 Å². The fourth-order valence-corrected chi connectivity index (χ4v) is 0.204. The first-order valence-corrected chi connectivity index (χ1v) is 2.18. The van der Waals surface area contributed by atoms with E-state index in [1.807, 2.05) is 0 Å². The second-order valence-electron chi connectivity index (χ2n) is 1.04. The van der Waals surface area contributed by atoms with Crippen molar-refractivity contribution in [2.45, 2.75) is 0 Å². The molecular formula is C4H8N2O2. The summed E-state index contributed by atoms with van der Waals surface area (Å²) in [6, 6.07) is 0. The summed E-state index contributed by atoms with van der Waals surface area (Å²) in [5.74, 6) is 0. The quantitative estimate of drug-likeness (QED) is 0.339. The highest BCUT2D eigenvalue weighted by Gasteiger charge is 1.77. The summed E-state index contributed by atoms with van der Waals surface area (Å²) in [7, 11) is 0. The van der Waals surface area contributed by atoms with Crippen molar-refractivity contribution in [3.63, 3.8) is 0 Å². The van der Waals surface area contributed by atoms with Crippen LogP contribution in [0.25, 0.3) is 0 Å². The van der Waals surface area contributed by atoms with Gasteiger partial charge in [-0.3, -0.25) is 10.8 Å². The Morgan fingerprint density at radius 2 is 2.00 bits per heavy atom. The molecule has 0 aromatic carbocycles. The molecule has 0 atom stereocenters. The van der Waals surface area contributed by atoms with Crippen molar-refractivity contribution in [3.8, 4) is 0 Å². The molecule has 0 amide bonds. The molecule has 2 N–H and O–H groups in total. The second-order valence-corrected chi connectivity index (χ2v) is 1.04. The zero-order chi connectivity index (χ0) is 7.11. The fraction of sp³-hybridized carbons (Fsp3) is 0.500. The van der Waals surface area contributed by atoms with Crippen molar-refractivity contribution < 1.29 is 11.0 Å². The molecule has 0 rings (SSSR count). The van der Waals surface area contributed by atoms with Crippen LogP contribution in [0.15, 0.2) is 0 Å². The Labute approximate surface area is 48.7 Å². The molecule has 0 spiro atoms. The van der Waals surface area contributed by atoms with E-state index in [1.165, 1.54) is 0 Å². The minimum absolute atomic E-state index is 0.0339. The minimum atomic E-state index is -0.0339. The van der Waals surface area contributed by atoms with Gasteiger partial charge in [0.1, 0.15) is 14.0 Å². The zero-order valence-corrected chi connectivity index (χ0v) is 4.33. The third kappa shape index (κ3) is 5.26. The summed E-state index contributed by atoms with van der Waals surface area (Å²) in [6.45, 7) is 0.0329. The SMILES string of the molecule is [2H]N(CC=O)NCC=O. The topological polar surface area (TPSA) is 58.2 Å². The molecule has 0 saturated carbocycles. The maximum Gasteiger partial charge on any atom is 0.142 e. The van der Waals surface area contributed by atoms with Crippen LogP contribution in [0.4, 0.5) is 0 Å². The van der Waals surface area contributed by atoms with Gasteiger partial charge in [0.05, 0.1) is 13.1 Å². The molecule has 0 saturated heterocycles. The number of hydrogen-bond acceptors (Lipinski definition) is 4. The predicted octanol–water partition coefficient (Wildman–Crippen LogP) is -1.52.